The van der Waals surface area contributed by atoms with Gasteiger partial charge in [-0.05, 0) is 30.7 Å². The summed E-state index contributed by atoms with van der Waals surface area (Å²) >= 11 is 0. The molecule has 0 radical (unpaired) electrons. The van der Waals surface area contributed by atoms with E-state index in [0.29, 0.717) is 17.1 Å². The highest BCUT2D eigenvalue weighted by Gasteiger charge is 1.99. The number of carbonyl (C=O) groups is 1. The Labute approximate surface area is 123 Å². The largest absolute Gasteiger partial charge is 0.506 e. The number of benzene rings is 2. The van der Waals surface area contributed by atoms with Crippen LogP contribution in [-0.4, -0.2) is 16.1 Å². The lowest BCUT2D eigenvalue weighted by Crippen LogP contribution is -2.05. The lowest BCUT2D eigenvalue weighted by Gasteiger charge is -2.03. The number of phenols is 2. The van der Waals surface area contributed by atoms with E-state index in [1.165, 1.54) is 19.1 Å². The fourth-order valence-corrected chi connectivity index (χ4v) is 1.51. The van der Waals surface area contributed by atoms with Crippen molar-refractivity contribution in [2.24, 2.45) is 0 Å². The highest BCUT2D eigenvalue weighted by atomic mass is 16.3. The fourth-order valence-electron chi connectivity index (χ4n) is 1.51. The standard InChI is InChI=1S/C8H10N2O2.C7H9NO/c1-5(11)10-6-2-3-7(9)8(12)4-6;1-5-3-2-4-6(8)7(5)9/h2-4,12H,9H2,1H3,(H,10,11);2-4,9H,8H2,1H3. The first kappa shape index (κ1) is 16.2. The van der Waals surface area contributed by atoms with Gasteiger partial charge in [0.05, 0.1) is 11.4 Å². The minimum Gasteiger partial charge on any atom is -0.506 e. The first-order chi connectivity index (χ1) is 9.81. The number of aromatic hydroxyl groups is 2. The van der Waals surface area contributed by atoms with Gasteiger partial charge in [0.1, 0.15) is 11.5 Å². The van der Waals surface area contributed by atoms with Gasteiger partial charge in [-0.1, -0.05) is 12.1 Å². The number of rotatable bonds is 1. The van der Waals surface area contributed by atoms with Crippen molar-refractivity contribution >= 4 is 23.0 Å². The summed E-state index contributed by atoms with van der Waals surface area (Å²) in [6, 6.07) is 9.84. The van der Waals surface area contributed by atoms with E-state index < -0.39 is 0 Å². The van der Waals surface area contributed by atoms with E-state index in [9.17, 15) is 4.79 Å². The molecular weight excluding hydrogens is 270 g/mol. The predicted molar refractivity (Wildman–Crippen MR) is 84.1 cm³/mol. The van der Waals surface area contributed by atoms with Gasteiger partial charge in [-0.3, -0.25) is 4.79 Å². The Morgan fingerprint density at radius 3 is 2.24 bits per heavy atom. The van der Waals surface area contributed by atoms with Gasteiger partial charge < -0.3 is 27.0 Å². The molecule has 6 heteroatoms. The maximum atomic E-state index is 10.6. The van der Waals surface area contributed by atoms with Crippen LogP contribution in [0.5, 0.6) is 11.5 Å². The molecule has 0 saturated heterocycles. The maximum absolute atomic E-state index is 10.6. The number of amides is 1. The number of nitrogens with two attached hydrogens (primary N) is 2. The molecule has 0 saturated carbocycles. The number of carbonyl (C=O) groups excluding carboxylic acids is 1. The molecule has 0 aromatic heterocycles. The summed E-state index contributed by atoms with van der Waals surface area (Å²) < 4.78 is 0. The van der Waals surface area contributed by atoms with E-state index in [1.54, 1.807) is 12.1 Å². The molecule has 0 unspecified atom stereocenters. The number of para-hydroxylation sites is 1. The van der Waals surface area contributed by atoms with Gasteiger partial charge in [0.15, 0.2) is 0 Å². The minimum absolute atomic E-state index is 0.0266. The minimum atomic E-state index is -0.181. The lowest BCUT2D eigenvalue weighted by atomic mass is 10.2. The molecule has 2 aromatic rings. The van der Waals surface area contributed by atoms with Crippen molar-refractivity contribution in [2.45, 2.75) is 13.8 Å². The summed E-state index contributed by atoms with van der Waals surface area (Å²) in [7, 11) is 0. The molecule has 6 nitrogen and oxygen atoms in total. The number of nitrogens with one attached hydrogen (secondary N) is 1. The third-order valence-corrected chi connectivity index (χ3v) is 2.62. The van der Waals surface area contributed by atoms with Crippen molar-refractivity contribution in [3.8, 4) is 11.5 Å². The van der Waals surface area contributed by atoms with Crippen molar-refractivity contribution in [2.75, 3.05) is 16.8 Å². The van der Waals surface area contributed by atoms with E-state index >= 15 is 0 Å². The Kier molecular flexibility index (Phi) is 5.42. The zero-order chi connectivity index (χ0) is 16.0. The van der Waals surface area contributed by atoms with Gasteiger partial charge in [0.2, 0.25) is 5.91 Å². The van der Waals surface area contributed by atoms with E-state index in [4.69, 9.17) is 21.7 Å². The molecule has 0 spiro atoms. The Balaban J connectivity index is 0.000000219. The SMILES string of the molecule is CC(=O)Nc1ccc(N)c(O)c1.Cc1cccc(N)c1O. The second-order valence-corrected chi connectivity index (χ2v) is 4.47. The zero-order valence-electron chi connectivity index (χ0n) is 11.9. The average molecular weight is 289 g/mol. The van der Waals surface area contributed by atoms with Gasteiger partial charge in [-0.15, -0.1) is 0 Å². The number of phenolic OH excluding ortho intramolecular Hbond substituents is 2. The summed E-state index contributed by atoms with van der Waals surface area (Å²) in [6.45, 7) is 3.21. The average Bonchev–Trinajstić information content (AvgIpc) is 2.40. The molecule has 2 rings (SSSR count). The first-order valence-electron chi connectivity index (χ1n) is 6.21. The van der Waals surface area contributed by atoms with Crippen molar-refractivity contribution in [3.63, 3.8) is 0 Å². The maximum Gasteiger partial charge on any atom is 0.221 e. The topological polar surface area (TPSA) is 122 Å². The van der Waals surface area contributed by atoms with Crippen LogP contribution >= 0.6 is 0 Å². The Morgan fingerprint density at radius 2 is 1.76 bits per heavy atom. The second kappa shape index (κ2) is 7.04. The molecule has 7 N–H and O–H groups in total. The lowest BCUT2D eigenvalue weighted by molar-refractivity contribution is -0.114. The summed E-state index contributed by atoms with van der Waals surface area (Å²) in [6.07, 6.45) is 0. The van der Waals surface area contributed by atoms with Crippen LogP contribution in [0.3, 0.4) is 0 Å². The molecule has 112 valence electrons. The van der Waals surface area contributed by atoms with Crippen LogP contribution in [-0.2, 0) is 4.79 Å². The molecule has 0 atom stereocenters. The molecule has 0 bridgehead atoms. The van der Waals surface area contributed by atoms with Crippen molar-refractivity contribution in [3.05, 3.63) is 42.0 Å². The Hall–Kier alpha value is -2.89. The number of aryl methyl sites for hydroxylation is 1. The normalized spacial score (nSPS) is 9.43. The van der Waals surface area contributed by atoms with Crippen LogP contribution in [0, 0.1) is 6.92 Å². The molecule has 1 amide bonds. The molecule has 0 fully saturated rings. The second-order valence-electron chi connectivity index (χ2n) is 4.47. The number of hydrogen-bond donors (Lipinski definition) is 5. The van der Waals surface area contributed by atoms with Gasteiger partial charge in [0, 0.05) is 18.7 Å². The smallest absolute Gasteiger partial charge is 0.221 e. The third-order valence-electron chi connectivity index (χ3n) is 2.62. The van der Waals surface area contributed by atoms with Crippen LogP contribution in [0.25, 0.3) is 0 Å². The van der Waals surface area contributed by atoms with Crippen LogP contribution in [0.2, 0.25) is 0 Å². The van der Waals surface area contributed by atoms with Crippen LogP contribution in [0.15, 0.2) is 36.4 Å². The number of hydrogen-bond acceptors (Lipinski definition) is 5. The zero-order valence-corrected chi connectivity index (χ0v) is 11.9. The van der Waals surface area contributed by atoms with Crippen molar-refractivity contribution < 1.29 is 15.0 Å². The molecule has 0 aliphatic heterocycles. The van der Waals surface area contributed by atoms with E-state index in [2.05, 4.69) is 5.32 Å². The van der Waals surface area contributed by atoms with Gasteiger partial charge in [-0.25, -0.2) is 0 Å². The summed E-state index contributed by atoms with van der Waals surface area (Å²) in [5.41, 5.74) is 12.8. The van der Waals surface area contributed by atoms with E-state index in [1.807, 2.05) is 19.1 Å². The monoisotopic (exact) mass is 289 g/mol. The van der Waals surface area contributed by atoms with Gasteiger partial charge >= 0.3 is 0 Å². The summed E-state index contributed by atoms with van der Waals surface area (Å²) in [4.78, 5) is 10.6. The summed E-state index contributed by atoms with van der Waals surface area (Å²) in [5.74, 6) is -0.0158. The number of nitrogen functional groups attached to an aromatic ring is 2. The molecule has 21 heavy (non-hydrogen) atoms. The highest BCUT2D eigenvalue weighted by Crippen LogP contribution is 2.23. The van der Waals surface area contributed by atoms with E-state index in [-0.39, 0.29) is 17.4 Å². The predicted octanol–water partition coefficient (Wildman–Crippen LogP) is 2.22. The van der Waals surface area contributed by atoms with Crippen LogP contribution in [0.4, 0.5) is 17.1 Å². The molecule has 0 aliphatic carbocycles. The third kappa shape index (κ3) is 4.94. The molecule has 2 aromatic carbocycles. The van der Waals surface area contributed by atoms with E-state index in [0.717, 1.165) is 5.56 Å². The highest BCUT2D eigenvalue weighted by molar-refractivity contribution is 5.89. The fraction of sp³-hybridized carbons (Fsp3) is 0.133. The molecule has 0 aliphatic rings. The van der Waals surface area contributed by atoms with Crippen LogP contribution in [0.1, 0.15) is 12.5 Å². The first-order valence-corrected chi connectivity index (χ1v) is 6.21. The molecular formula is C15H19N3O3. The van der Waals surface area contributed by atoms with Crippen molar-refractivity contribution in [1.82, 2.24) is 0 Å². The Morgan fingerprint density at radius 1 is 1.10 bits per heavy atom. The van der Waals surface area contributed by atoms with Crippen molar-refractivity contribution in [1.29, 1.82) is 0 Å². The summed E-state index contributed by atoms with van der Waals surface area (Å²) in [5, 5.41) is 20.7. The Bertz CT molecular complexity index is 622. The number of anilines is 3. The van der Waals surface area contributed by atoms with Crippen LogP contribution < -0.4 is 16.8 Å². The van der Waals surface area contributed by atoms with Gasteiger partial charge in [-0.2, -0.15) is 0 Å². The quantitative estimate of drug-likeness (QED) is 0.407. The molecule has 0 heterocycles. The van der Waals surface area contributed by atoms with Gasteiger partial charge in [0.25, 0.3) is 0 Å².